The maximum Gasteiger partial charge on any atom is 0.421 e. The van der Waals surface area contributed by atoms with Gasteiger partial charge in [0.15, 0.2) is 0 Å². The average Bonchev–Trinajstić information content (AvgIpc) is 2.76. The van der Waals surface area contributed by atoms with Crippen molar-refractivity contribution in [2.24, 2.45) is 0 Å². The van der Waals surface area contributed by atoms with Gasteiger partial charge >= 0.3 is 12.2 Å². The molecule has 2 aromatic carbocycles. The summed E-state index contributed by atoms with van der Waals surface area (Å²) in [7, 11) is 0. The number of aryl methyl sites for hydroxylation is 1. The number of anilines is 2. The van der Waals surface area contributed by atoms with Crippen LogP contribution in [0.4, 0.5) is 24.7 Å². The molecule has 1 aromatic heterocycles. The molecule has 0 atom stereocenters. The summed E-state index contributed by atoms with van der Waals surface area (Å²) >= 11 is 0. The van der Waals surface area contributed by atoms with Gasteiger partial charge in [-0.25, -0.2) is 4.98 Å². The molecule has 0 saturated carbocycles. The lowest BCUT2D eigenvalue weighted by atomic mass is 10.1. The molecule has 0 aliphatic rings. The SMILES string of the molecule is CCCCCCc1cccc(Nc2nc(OCc3ccccc3)ncc2C(F)(F)F)c1. The third-order valence-corrected chi connectivity index (χ3v) is 4.79. The zero-order valence-corrected chi connectivity index (χ0v) is 17.5. The number of rotatable bonds is 10. The van der Waals surface area contributed by atoms with E-state index in [1.165, 1.54) is 6.42 Å². The van der Waals surface area contributed by atoms with Gasteiger partial charge in [0, 0.05) is 11.9 Å². The van der Waals surface area contributed by atoms with Gasteiger partial charge in [-0.3, -0.25) is 0 Å². The molecule has 1 N–H and O–H groups in total. The molecule has 0 amide bonds. The van der Waals surface area contributed by atoms with Crippen LogP contribution in [0.3, 0.4) is 0 Å². The third kappa shape index (κ3) is 6.98. The molecule has 164 valence electrons. The van der Waals surface area contributed by atoms with Gasteiger partial charge in [-0.05, 0) is 36.1 Å². The summed E-state index contributed by atoms with van der Waals surface area (Å²) in [6.07, 6.45) is 1.58. The first-order chi connectivity index (χ1) is 15.0. The summed E-state index contributed by atoms with van der Waals surface area (Å²) in [5, 5.41) is 2.81. The Kier molecular flexibility index (Phi) is 7.87. The molecule has 0 spiro atoms. The number of hydrogen-bond acceptors (Lipinski definition) is 4. The van der Waals surface area contributed by atoms with E-state index in [4.69, 9.17) is 4.74 Å². The monoisotopic (exact) mass is 429 g/mol. The molecule has 7 heteroatoms. The molecule has 1 heterocycles. The highest BCUT2D eigenvalue weighted by molar-refractivity contribution is 5.60. The lowest BCUT2D eigenvalue weighted by Crippen LogP contribution is -2.12. The molecule has 31 heavy (non-hydrogen) atoms. The molecular weight excluding hydrogens is 403 g/mol. The van der Waals surface area contributed by atoms with E-state index >= 15 is 0 Å². The minimum absolute atomic E-state index is 0.116. The van der Waals surface area contributed by atoms with Crippen LogP contribution in [0.5, 0.6) is 6.01 Å². The van der Waals surface area contributed by atoms with E-state index in [1.807, 2.05) is 48.5 Å². The summed E-state index contributed by atoms with van der Waals surface area (Å²) in [6, 6.07) is 16.6. The Morgan fingerprint density at radius 3 is 2.45 bits per heavy atom. The maximum absolute atomic E-state index is 13.5. The van der Waals surface area contributed by atoms with Crippen LogP contribution in [-0.4, -0.2) is 9.97 Å². The lowest BCUT2D eigenvalue weighted by Gasteiger charge is -2.15. The van der Waals surface area contributed by atoms with Crippen molar-refractivity contribution >= 4 is 11.5 Å². The van der Waals surface area contributed by atoms with E-state index in [-0.39, 0.29) is 18.4 Å². The zero-order valence-electron chi connectivity index (χ0n) is 17.5. The molecule has 0 bridgehead atoms. The molecule has 0 unspecified atom stereocenters. The molecule has 0 aliphatic heterocycles. The summed E-state index contributed by atoms with van der Waals surface area (Å²) < 4.78 is 46.0. The highest BCUT2D eigenvalue weighted by Crippen LogP contribution is 2.35. The molecule has 0 radical (unpaired) electrons. The van der Waals surface area contributed by atoms with Crippen molar-refractivity contribution in [3.63, 3.8) is 0 Å². The van der Waals surface area contributed by atoms with Crippen LogP contribution < -0.4 is 10.1 Å². The zero-order chi connectivity index (χ0) is 22.1. The van der Waals surface area contributed by atoms with Gasteiger partial charge in [0.25, 0.3) is 0 Å². The van der Waals surface area contributed by atoms with Crippen molar-refractivity contribution in [2.75, 3.05) is 5.32 Å². The number of ether oxygens (including phenoxy) is 1. The number of alkyl halides is 3. The van der Waals surface area contributed by atoms with Crippen LogP contribution in [0.15, 0.2) is 60.8 Å². The minimum atomic E-state index is -4.59. The fraction of sp³-hybridized carbons (Fsp3) is 0.333. The smallest absolute Gasteiger partial charge is 0.421 e. The fourth-order valence-corrected chi connectivity index (χ4v) is 3.16. The largest absolute Gasteiger partial charge is 0.459 e. The Hall–Kier alpha value is -3.09. The van der Waals surface area contributed by atoms with Crippen LogP contribution in [0, 0.1) is 0 Å². The maximum atomic E-state index is 13.5. The van der Waals surface area contributed by atoms with Crippen molar-refractivity contribution in [2.45, 2.75) is 51.8 Å². The summed E-state index contributed by atoms with van der Waals surface area (Å²) in [5.41, 5.74) is 1.56. The molecular formula is C24H26F3N3O. The van der Waals surface area contributed by atoms with Gasteiger partial charge < -0.3 is 10.1 Å². The highest BCUT2D eigenvalue weighted by Gasteiger charge is 2.35. The lowest BCUT2D eigenvalue weighted by molar-refractivity contribution is -0.137. The van der Waals surface area contributed by atoms with E-state index in [0.717, 1.165) is 43.0 Å². The Balaban J connectivity index is 1.76. The van der Waals surface area contributed by atoms with E-state index in [0.29, 0.717) is 5.69 Å². The number of aromatic nitrogens is 2. The number of halogens is 3. The second-order valence-corrected chi connectivity index (χ2v) is 7.32. The van der Waals surface area contributed by atoms with E-state index < -0.39 is 11.7 Å². The van der Waals surface area contributed by atoms with Crippen LogP contribution in [0.1, 0.15) is 49.3 Å². The summed E-state index contributed by atoms with van der Waals surface area (Å²) in [4.78, 5) is 7.75. The van der Waals surface area contributed by atoms with Crippen molar-refractivity contribution in [3.8, 4) is 6.01 Å². The third-order valence-electron chi connectivity index (χ3n) is 4.79. The molecule has 3 rings (SSSR count). The van der Waals surface area contributed by atoms with Gasteiger partial charge in [-0.1, -0.05) is 68.7 Å². The average molecular weight is 429 g/mol. The Labute approximate surface area is 180 Å². The normalized spacial score (nSPS) is 11.4. The summed E-state index contributed by atoms with van der Waals surface area (Å²) in [6.45, 7) is 2.32. The topological polar surface area (TPSA) is 47.0 Å². The van der Waals surface area contributed by atoms with Crippen molar-refractivity contribution in [1.29, 1.82) is 0 Å². The van der Waals surface area contributed by atoms with Gasteiger partial charge in [0.05, 0.1) is 0 Å². The van der Waals surface area contributed by atoms with E-state index in [1.54, 1.807) is 6.07 Å². The summed E-state index contributed by atoms with van der Waals surface area (Å²) in [5.74, 6) is -0.325. The molecule has 0 fully saturated rings. The van der Waals surface area contributed by atoms with Crippen LogP contribution in [0.2, 0.25) is 0 Å². The second-order valence-electron chi connectivity index (χ2n) is 7.32. The molecule has 4 nitrogen and oxygen atoms in total. The Morgan fingerprint density at radius 2 is 1.71 bits per heavy atom. The van der Waals surface area contributed by atoms with Crippen LogP contribution >= 0.6 is 0 Å². The van der Waals surface area contributed by atoms with Crippen LogP contribution in [0.25, 0.3) is 0 Å². The molecule has 3 aromatic rings. The van der Waals surface area contributed by atoms with Gasteiger partial charge in [-0.2, -0.15) is 18.2 Å². The predicted octanol–water partition coefficient (Wildman–Crippen LogP) is 6.94. The number of nitrogens with zero attached hydrogens (tertiary/aromatic N) is 2. The number of nitrogens with one attached hydrogen (secondary N) is 1. The number of unbranched alkanes of at least 4 members (excludes halogenated alkanes) is 3. The van der Waals surface area contributed by atoms with Gasteiger partial charge in [0.1, 0.15) is 18.0 Å². The number of benzene rings is 2. The Morgan fingerprint density at radius 1 is 0.935 bits per heavy atom. The fourth-order valence-electron chi connectivity index (χ4n) is 3.16. The van der Waals surface area contributed by atoms with Gasteiger partial charge in [-0.15, -0.1) is 0 Å². The predicted molar refractivity (Wildman–Crippen MR) is 115 cm³/mol. The first kappa shape index (κ1) is 22.6. The molecule has 0 aliphatic carbocycles. The van der Waals surface area contributed by atoms with Crippen molar-refractivity contribution in [1.82, 2.24) is 9.97 Å². The van der Waals surface area contributed by atoms with Crippen molar-refractivity contribution < 1.29 is 17.9 Å². The number of hydrogen-bond donors (Lipinski definition) is 1. The first-order valence-corrected chi connectivity index (χ1v) is 10.4. The minimum Gasteiger partial charge on any atom is -0.459 e. The van der Waals surface area contributed by atoms with E-state index in [9.17, 15) is 13.2 Å². The second kappa shape index (κ2) is 10.8. The van der Waals surface area contributed by atoms with Crippen molar-refractivity contribution in [3.05, 3.63) is 77.5 Å². The highest BCUT2D eigenvalue weighted by atomic mass is 19.4. The van der Waals surface area contributed by atoms with E-state index in [2.05, 4.69) is 22.2 Å². The molecule has 0 saturated heterocycles. The first-order valence-electron chi connectivity index (χ1n) is 10.4. The Bertz CT molecular complexity index is 962. The quantitative estimate of drug-likeness (QED) is 0.355. The standard InChI is InChI=1S/C24H26F3N3O/c1-2-3-4-6-10-18-13-9-14-20(15-18)29-22-21(24(25,26)27)16-28-23(30-22)31-17-19-11-7-5-8-12-19/h5,7-9,11-16H,2-4,6,10,17H2,1H3,(H,28,29,30). The van der Waals surface area contributed by atoms with Crippen LogP contribution in [-0.2, 0) is 19.2 Å². The van der Waals surface area contributed by atoms with Gasteiger partial charge in [0.2, 0.25) is 0 Å².